The molecule has 0 atom stereocenters. The molecule has 0 aliphatic heterocycles. The van der Waals surface area contributed by atoms with Crippen LogP contribution in [0.2, 0.25) is 0 Å². The molecule has 0 heterocycles. The third-order valence-electron chi connectivity index (χ3n) is 2.77. The summed E-state index contributed by atoms with van der Waals surface area (Å²) < 4.78 is 0. The van der Waals surface area contributed by atoms with Gasteiger partial charge in [0.2, 0.25) is 0 Å². The van der Waals surface area contributed by atoms with Crippen LogP contribution in [-0.4, -0.2) is 25.2 Å². The Morgan fingerprint density at radius 2 is 1.89 bits per heavy atom. The number of hydrogen-bond acceptors (Lipinski definition) is 2. The van der Waals surface area contributed by atoms with Crippen LogP contribution < -0.4 is 0 Å². The summed E-state index contributed by atoms with van der Waals surface area (Å²) in [7, 11) is 4.01. The summed E-state index contributed by atoms with van der Waals surface area (Å²) in [5.74, 6) is 0. The number of allylic oxidation sites excluding steroid dienone is 3. The molecule has 2 nitrogen and oxygen atoms in total. The van der Waals surface area contributed by atoms with Crippen LogP contribution in [0.5, 0.6) is 0 Å². The van der Waals surface area contributed by atoms with Crippen molar-refractivity contribution < 1.29 is 0 Å². The van der Waals surface area contributed by atoms with Gasteiger partial charge < -0.3 is 4.90 Å². The molecule has 0 aromatic heterocycles. The molecular formula is C15H17ClN2. The SMILES string of the molecule is CN(C)/C=C1\CCC(C=Nc2ccccc2)=C1Cl. The largest absolute Gasteiger partial charge is 0.383 e. The fraction of sp³-hybridized carbons (Fsp3) is 0.267. The van der Waals surface area contributed by atoms with Crippen molar-refractivity contribution in [2.75, 3.05) is 14.1 Å². The highest BCUT2D eigenvalue weighted by molar-refractivity contribution is 6.34. The van der Waals surface area contributed by atoms with E-state index in [1.165, 1.54) is 5.57 Å². The summed E-state index contributed by atoms with van der Waals surface area (Å²) in [4.78, 5) is 6.47. The lowest BCUT2D eigenvalue weighted by atomic mass is 10.2. The van der Waals surface area contributed by atoms with E-state index in [4.69, 9.17) is 11.6 Å². The molecule has 1 aromatic carbocycles. The zero-order valence-corrected chi connectivity index (χ0v) is 11.5. The van der Waals surface area contributed by atoms with E-state index in [1.807, 2.05) is 55.5 Å². The highest BCUT2D eigenvalue weighted by Crippen LogP contribution is 2.33. The van der Waals surface area contributed by atoms with Gasteiger partial charge in [-0.15, -0.1) is 0 Å². The molecular weight excluding hydrogens is 244 g/mol. The molecule has 0 saturated heterocycles. The molecule has 0 bridgehead atoms. The van der Waals surface area contributed by atoms with E-state index < -0.39 is 0 Å². The van der Waals surface area contributed by atoms with E-state index in [0.29, 0.717) is 0 Å². The average Bonchev–Trinajstić information content (AvgIpc) is 2.69. The number of para-hydroxylation sites is 1. The minimum absolute atomic E-state index is 0.850. The first kappa shape index (κ1) is 12.9. The minimum atomic E-state index is 0.850. The summed E-state index contributed by atoms with van der Waals surface area (Å²) in [6, 6.07) is 9.91. The zero-order valence-electron chi connectivity index (χ0n) is 10.7. The molecule has 94 valence electrons. The van der Waals surface area contributed by atoms with Crippen molar-refractivity contribution in [3.63, 3.8) is 0 Å². The zero-order chi connectivity index (χ0) is 13.0. The third-order valence-corrected chi connectivity index (χ3v) is 3.25. The van der Waals surface area contributed by atoms with Crippen LogP contribution in [-0.2, 0) is 0 Å². The first-order chi connectivity index (χ1) is 8.66. The Morgan fingerprint density at radius 1 is 1.17 bits per heavy atom. The highest BCUT2D eigenvalue weighted by atomic mass is 35.5. The highest BCUT2D eigenvalue weighted by Gasteiger charge is 2.16. The van der Waals surface area contributed by atoms with Gasteiger partial charge in [-0.2, -0.15) is 0 Å². The molecule has 1 aliphatic rings. The molecule has 2 rings (SSSR count). The smallest absolute Gasteiger partial charge is 0.0629 e. The van der Waals surface area contributed by atoms with Crippen LogP contribution in [0.3, 0.4) is 0 Å². The summed E-state index contributed by atoms with van der Waals surface area (Å²) in [5.41, 5.74) is 3.27. The standard InChI is InChI=1S/C15H17ClN2/c1-18(2)11-13-9-8-12(15(13)16)10-17-14-6-4-3-5-7-14/h3-7,10-11H,8-9H2,1-2H3/b13-11+,17-10?. The fourth-order valence-electron chi connectivity index (χ4n) is 1.92. The van der Waals surface area contributed by atoms with Crippen LogP contribution >= 0.6 is 11.6 Å². The first-order valence-corrected chi connectivity index (χ1v) is 6.40. The normalized spacial score (nSPS) is 18.1. The lowest BCUT2D eigenvalue weighted by Gasteiger charge is -2.06. The maximum atomic E-state index is 6.35. The van der Waals surface area contributed by atoms with Crippen LogP contribution in [0.15, 0.2) is 57.7 Å². The Morgan fingerprint density at radius 3 is 2.56 bits per heavy atom. The van der Waals surface area contributed by atoms with E-state index in [0.717, 1.165) is 29.1 Å². The van der Waals surface area contributed by atoms with E-state index in [9.17, 15) is 0 Å². The van der Waals surface area contributed by atoms with Crippen LogP contribution in [0.1, 0.15) is 12.8 Å². The molecule has 3 heteroatoms. The number of aliphatic imine (C=N–C) groups is 1. The maximum Gasteiger partial charge on any atom is 0.0629 e. The topological polar surface area (TPSA) is 15.6 Å². The molecule has 0 N–H and O–H groups in total. The first-order valence-electron chi connectivity index (χ1n) is 6.02. The predicted molar refractivity (Wildman–Crippen MR) is 78.5 cm³/mol. The van der Waals surface area contributed by atoms with Gasteiger partial charge in [-0.25, -0.2) is 0 Å². The molecule has 0 saturated carbocycles. The molecule has 0 fully saturated rings. The lowest BCUT2D eigenvalue weighted by Crippen LogP contribution is -2.02. The number of halogens is 1. The molecule has 1 aromatic rings. The van der Waals surface area contributed by atoms with E-state index in [-0.39, 0.29) is 0 Å². The van der Waals surface area contributed by atoms with Gasteiger partial charge in [0.05, 0.1) is 5.69 Å². The van der Waals surface area contributed by atoms with E-state index >= 15 is 0 Å². The van der Waals surface area contributed by atoms with Gasteiger partial charge in [0.1, 0.15) is 0 Å². The minimum Gasteiger partial charge on any atom is -0.383 e. The molecule has 0 unspecified atom stereocenters. The van der Waals surface area contributed by atoms with Gasteiger partial charge in [-0.3, -0.25) is 4.99 Å². The summed E-state index contributed by atoms with van der Waals surface area (Å²) in [5, 5.41) is 0.850. The molecule has 0 amide bonds. The van der Waals surface area contributed by atoms with Crippen molar-refractivity contribution in [1.82, 2.24) is 4.90 Å². The number of nitrogens with zero attached hydrogens (tertiary/aromatic N) is 2. The van der Waals surface area contributed by atoms with Crippen LogP contribution in [0.25, 0.3) is 0 Å². The Hall–Kier alpha value is -1.54. The van der Waals surface area contributed by atoms with Crippen molar-refractivity contribution in [3.05, 3.63) is 52.7 Å². The van der Waals surface area contributed by atoms with Crippen molar-refractivity contribution in [2.45, 2.75) is 12.8 Å². The van der Waals surface area contributed by atoms with Gasteiger partial charge in [-0.05, 0) is 36.1 Å². The van der Waals surface area contributed by atoms with Gasteiger partial charge in [0, 0.05) is 31.5 Å². The number of hydrogen-bond donors (Lipinski definition) is 0. The molecule has 0 radical (unpaired) electrons. The number of benzene rings is 1. The van der Waals surface area contributed by atoms with E-state index in [2.05, 4.69) is 11.2 Å². The average molecular weight is 261 g/mol. The van der Waals surface area contributed by atoms with Crippen molar-refractivity contribution in [3.8, 4) is 0 Å². The quantitative estimate of drug-likeness (QED) is 0.747. The van der Waals surface area contributed by atoms with Gasteiger partial charge in [-0.1, -0.05) is 29.8 Å². The summed E-state index contributed by atoms with van der Waals surface area (Å²) in [6.07, 6.45) is 5.92. The second kappa shape index (κ2) is 5.87. The number of rotatable bonds is 3. The molecule has 0 spiro atoms. The second-order valence-corrected chi connectivity index (χ2v) is 4.93. The predicted octanol–water partition coefficient (Wildman–Crippen LogP) is 4.12. The van der Waals surface area contributed by atoms with Crippen molar-refractivity contribution in [2.24, 2.45) is 4.99 Å². The summed E-state index contributed by atoms with van der Waals surface area (Å²) >= 11 is 6.35. The van der Waals surface area contributed by atoms with Gasteiger partial charge in [0.25, 0.3) is 0 Å². The van der Waals surface area contributed by atoms with Crippen LogP contribution in [0, 0.1) is 0 Å². The van der Waals surface area contributed by atoms with Crippen molar-refractivity contribution >= 4 is 23.5 Å². The van der Waals surface area contributed by atoms with E-state index in [1.54, 1.807) is 0 Å². The lowest BCUT2D eigenvalue weighted by molar-refractivity contribution is 0.558. The molecule has 18 heavy (non-hydrogen) atoms. The van der Waals surface area contributed by atoms with Gasteiger partial charge in [0.15, 0.2) is 0 Å². The van der Waals surface area contributed by atoms with Gasteiger partial charge >= 0.3 is 0 Å². The Bertz CT molecular complexity index is 498. The Labute approximate surface area is 113 Å². The van der Waals surface area contributed by atoms with Crippen LogP contribution in [0.4, 0.5) is 5.69 Å². The third kappa shape index (κ3) is 3.23. The second-order valence-electron chi connectivity index (χ2n) is 4.55. The Kier molecular flexibility index (Phi) is 4.21. The monoisotopic (exact) mass is 260 g/mol. The molecule has 1 aliphatic carbocycles. The Balaban J connectivity index is 2.15. The summed E-state index contributed by atoms with van der Waals surface area (Å²) in [6.45, 7) is 0. The maximum absolute atomic E-state index is 6.35. The fourth-order valence-corrected chi connectivity index (χ4v) is 2.20. The van der Waals surface area contributed by atoms with Crippen molar-refractivity contribution in [1.29, 1.82) is 0 Å².